The highest BCUT2D eigenvalue weighted by Gasteiger charge is 2.37. The first kappa shape index (κ1) is 20.4. The first-order chi connectivity index (χ1) is 13.5. The molecule has 28 heavy (non-hydrogen) atoms. The Morgan fingerprint density at radius 1 is 1.07 bits per heavy atom. The largest absolute Gasteiger partial charge is 0.497 e. The first-order valence-corrected chi connectivity index (χ1v) is 10.2. The molecule has 2 aliphatic rings. The van der Waals surface area contributed by atoms with E-state index in [-0.39, 0.29) is 36.5 Å². The maximum Gasteiger partial charge on any atom is 0.245 e. The van der Waals surface area contributed by atoms with E-state index < -0.39 is 0 Å². The third-order valence-electron chi connectivity index (χ3n) is 5.91. The third kappa shape index (κ3) is 4.72. The Balaban J connectivity index is 1.55. The van der Waals surface area contributed by atoms with Gasteiger partial charge in [-0.05, 0) is 43.7 Å². The molecule has 0 N–H and O–H groups in total. The summed E-state index contributed by atoms with van der Waals surface area (Å²) >= 11 is 0. The molecule has 0 aromatic heterocycles. The number of Topliss-reactive ketones (excluding diaryl/α,β-unsaturated/α-hetero) is 1. The molecule has 1 aromatic carbocycles. The highest BCUT2D eigenvalue weighted by atomic mass is 16.5. The van der Waals surface area contributed by atoms with Gasteiger partial charge in [0.05, 0.1) is 7.11 Å². The second-order valence-electron chi connectivity index (χ2n) is 7.91. The highest BCUT2D eigenvalue weighted by molar-refractivity contribution is 5.98. The van der Waals surface area contributed by atoms with E-state index in [2.05, 4.69) is 6.92 Å². The minimum Gasteiger partial charge on any atom is -0.497 e. The fraction of sp³-hybridized carbons (Fsp3) is 0.591. The molecule has 6 nitrogen and oxygen atoms in total. The number of ketones is 1. The maximum absolute atomic E-state index is 12.9. The van der Waals surface area contributed by atoms with Gasteiger partial charge in [-0.15, -0.1) is 0 Å². The van der Waals surface area contributed by atoms with Crippen molar-refractivity contribution in [3.8, 4) is 5.75 Å². The van der Waals surface area contributed by atoms with Crippen molar-refractivity contribution >= 4 is 17.6 Å². The van der Waals surface area contributed by atoms with Gasteiger partial charge in [0.2, 0.25) is 11.8 Å². The van der Waals surface area contributed by atoms with Crippen LogP contribution >= 0.6 is 0 Å². The molecule has 0 spiro atoms. The van der Waals surface area contributed by atoms with Crippen molar-refractivity contribution in [1.82, 2.24) is 9.80 Å². The van der Waals surface area contributed by atoms with Crippen molar-refractivity contribution in [2.24, 2.45) is 5.92 Å². The lowest BCUT2D eigenvalue weighted by Crippen LogP contribution is -2.49. The van der Waals surface area contributed by atoms with Gasteiger partial charge >= 0.3 is 0 Å². The molecule has 2 amide bonds. The molecule has 2 heterocycles. The molecule has 1 unspecified atom stereocenters. The zero-order valence-electron chi connectivity index (χ0n) is 16.9. The predicted octanol–water partition coefficient (Wildman–Crippen LogP) is 2.91. The first-order valence-electron chi connectivity index (χ1n) is 10.2. The van der Waals surface area contributed by atoms with Gasteiger partial charge in [0, 0.05) is 38.0 Å². The van der Waals surface area contributed by atoms with E-state index in [1.807, 2.05) is 4.90 Å². The lowest BCUT2D eigenvalue weighted by Gasteiger charge is -2.34. The van der Waals surface area contributed by atoms with E-state index in [1.54, 1.807) is 36.3 Å². The van der Waals surface area contributed by atoms with Crippen LogP contribution in [0.25, 0.3) is 0 Å². The maximum atomic E-state index is 12.9. The topological polar surface area (TPSA) is 66.9 Å². The van der Waals surface area contributed by atoms with E-state index in [4.69, 9.17) is 4.74 Å². The number of benzene rings is 1. The lowest BCUT2D eigenvalue weighted by molar-refractivity contribution is -0.144. The molecule has 2 fully saturated rings. The van der Waals surface area contributed by atoms with Crippen LogP contribution in [0.5, 0.6) is 5.75 Å². The zero-order valence-corrected chi connectivity index (χ0v) is 16.9. The summed E-state index contributed by atoms with van der Waals surface area (Å²) in [6.07, 6.45) is 3.90. The number of rotatable bonds is 6. The fourth-order valence-electron chi connectivity index (χ4n) is 4.07. The van der Waals surface area contributed by atoms with Crippen LogP contribution in [-0.2, 0) is 9.59 Å². The van der Waals surface area contributed by atoms with Gasteiger partial charge in [0.25, 0.3) is 0 Å². The van der Waals surface area contributed by atoms with Crippen LogP contribution in [0, 0.1) is 5.92 Å². The van der Waals surface area contributed by atoms with Gasteiger partial charge in [-0.2, -0.15) is 0 Å². The Morgan fingerprint density at radius 3 is 2.54 bits per heavy atom. The van der Waals surface area contributed by atoms with Crippen molar-refractivity contribution in [1.29, 1.82) is 0 Å². The van der Waals surface area contributed by atoms with E-state index in [0.29, 0.717) is 23.8 Å². The summed E-state index contributed by atoms with van der Waals surface area (Å²) in [7, 11) is 1.56. The van der Waals surface area contributed by atoms with Gasteiger partial charge in [-0.3, -0.25) is 14.4 Å². The molecular formula is C22H30N2O4. The normalized spacial score (nSPS) is 20.3. The van der Waals surface area contributed by atoms with Crippen LogP contribution in [0.4, 0.5) is 0 Å². The molecule has 2 aliphatic heterocycles. The molecule has 6 heteroatoms. The van der Waals surface area contributed by atoms with Crippen molar-refractivity contribution in [3.05, 3.63) is 29.8 Å². The molecule has 1 atom stereocenters. The average Bonchev–Trinajstić information content (AvgIpc) is 3.21. The second-order valence-corrected chi connectivity index (χ2v) is 7.91. The monoisotopic (exact) mass is 386 g/mol. The van der Waals surface area contributed by atoms with Crippen molar-refractivity contribution in [2.75, 3.05) is 26.7 Å². The third-order valence-corrected chi connectivity index (χ3v) is 5.91. The van der Waals surface area contributed by atoms with Crippen LogP contribution in [0.2, 0.25) is 0 Å². The number of carbonyl (C=O) groups is 3. The predicted molar refractivity (Wildman–Crippen MR) is 106 cm³/mol. The number of carbonyl (C=O) groups excluding carboxylic acids is 3. The molecule has 0 saturated carbocycles. The molecular weight excluding hydrogens is 356 g/mol. The number of likely N-dealkylation sites (tertiary alicyclic amines) is 2. The van der Waals surface area contributed by atoms with Gasteiger partial charge < -0.3 is 14.5 Å². The molecule has 152 valence electrons. The molecule has 3 rings (SSSR count). The van der Waals surface area contributed by atoms with E-state index in [1.165, 1.54) is 0 Å². The SMILES string of the molecule is COc1cccc(C(=O)CCC(=O)N2CCCC2C(=O)N2CCC(C)CC2)c1. The van der Waals surface area contributed by atoms with Crippen LogP contribution in [0.1, 0.15) is 55.8 Å². The Kier molecular flexibility index (Phi) is 6.70. The molecule has 0 bridgehead atoms. The van der Waals surface area contributed by atoms with Gasteiger partial charge in [-0.25, -0.2) is 0 Å². The summed E-state index contributed by atoms with van der Waals surface area (Å²) in [5.74, 6) is 1.18. The van der Waals surface area contributed by atoms with Crippen LogP contribution in [0.15, 0.2) is 24.3 Å². The van der Waals surface area contributed by atoms with Crippen molar-refractivity contribution < 1.29 is 19.1 Å². The number of hydrogen-bond acceptors (Lipinski definition) is 4. The molecule has 0 aliphatic carbocycles. The summed E-state index contributed by atoms with van der Waals surface area (Å²) < 4.78 is 5.15. The quantitative estimate of drug-likeness (QED) is 0.705. The fourth-order valence-corrected chi connectivity index (χ4v) is 4.07. The summed E-state index contributed by atoms with van der Waals surface area (Å²) in [6, 6.07) is 6.61. The Hall–Kier alpha value is -2.37. The Morgan fingerprint density at radius 2 is 1.82 bits per heavy atom. The van der Waals surface area contributed by atoms with E-state index >= 15 is 0 Å². The number of methoxy groups -OCH3 is 1. The Bertz CT molecular complexity index is 725. The van der Waals surface area contributed by atoms with Crippen LogP contribution in [0.3, 0.4) is 0 Å². The smallest absolute Gasteiger partial charge is 0.245 e. The average molecular weight is 386 g/mol. The van der Waals surface area contributed by atoms with Gasteiger partial charge in [0.15, 0.2) is 5.78 Å². The van der Waals surface area contributed by atoms with Gasteiger partial charge in [0.1, 0.15) is 11.8 Å². The number of ether oxygens (including phenoxy) is 1. The second kappa shape index (κ2) is 9.22. The van der Waals surface area contributed by atoms with Crippen molar-refractivity contribution in [3.63, 3.8) is 0 Å². The zero-order chi connectivity index (χ0) is 20.1. The summed E-state index contributed by atoms with van der Waals surface area (Å²) in [5.41, 5.74) is 0.545. The van der Waals surface area contributed by atoms with Crippen LogP contribution in [-0.4, -0.2) is 60.2 Å². The van der Waals surface area contributed by atoms with Crippen LogP contribution < -0.4 is 4.74 Å². The van der Waals surface area contributed by atoms with Gasteiger partial charge in [-0.1, -0.05) is 19.1 Å². The number of nitrogens with zero attached hydrogens (tertiary/aromatic N) is 2. The van der Waals surface area contributed by atoms with Crippen molar-refractivity contribution in [2.45, 2.75) is 51.5 Å². The summed E-state index contributed by atoms with van der Waals surface area (Å²) in [6.45, 7) is 4.39. The summed E-state index contributed by atoms with van der Waals surface area (Å²) in [5, 5.41) is 0. The Labute approximate surface area is 166 Å². The molecule has 0 radical (unpaired) electrons. The minimum absolute atomic E-state index is 0.0804. The van der Waals surface area contributed by atoms with E-state index in [0.717, 1.165) is 38.8 Å². The lowest BCUT2D eigenvalue weighted by atomic mass is 9.98. The summed E-state index contributed by atoms with van der Waals surface area (Å²) in [4.78, 5) is 41.7. The number of amides is 2. The molecule has 2 saturated heterocycles. The van der Waals surface area contributed by atoms with E-state index in [9.17, 15) is 14.4 Å². The molecule has 1 aromatic rings. The minimum atomic E-state index is -0.354. The number of piperidine rings is 1. The highest BCUT2D eigenvalue weighted by Crippen LogP contribution is 2.24. The standard InChI is InChI=1S/C22H30N2O4/c1-16-10-13-23(14-11-16)22(27)19-7-4-12-24(19)21(26)9-8-20(25)17-5-3-6-18(15-17)28-2/h3,5-6,15-16,19H,4,7-14H2,1-2H3. The number of hydrogen-bond donors (Lipinski definition) is 0.